The zero-order valence-electron chi connectivity index (χ0n) is 12.4. The van der Waals surface area contributed by atoms with Gasteiger partial charge in [0.1, 0.15) is 0 Å². The predicted molar refractivity (Wildman–Crippen MR) is 86.6 cm³/mol. The molecule has 1 aliphatic heterocycles. The topological polar surface area (TPSA) is 15.3 Å². The van der Waals surface area contributed by atoms with E-state index in [9.17, 15) is 0 Å². The van der Waals surface area contributed by atoms with Crippen molar-refractivity contribution in [2.45, 2.75) is 45.1 Å². The van der Waals surface area contributed by atoms with Gasteiger partial charge in [-0.25, -0.2) is 0 Å². The molecule has 1 aromatic carbocycles. The predicted octanol–water partition coefficient (Wildman–Crippen LogP) is 4.22. The van der Waals surface area contributed by atoms with Crippen molar-refractivity contribution < 1.29 is 0 Å². The van der Waals surface area contributed by atoms with Crippen LogP contribution >= 0.6 is 11.6 Å². The number of anilines is 1. The van der Waals surface area contributed by atoms with Gasteiger partial charge in [0, 0.05) is 30.3 Å². The molecule has 0 amide bonds. The fraction of sp³-hybridized carbons (Fsp3) is 0.647. The summed E-state index contributed by atoms with van der Waals surface area (Å²) >= 11 is 6.21. The number of hydrogen-bond acceptors (Lipinski definition) is 2. The maximum Gasteiger partial charge on any atom is 0.0426 e. The molecule has 1 aromatic rings. The Morgan fingerprint density at radius 2 is 1.85 bits per heavy atom. The quantitative estimate of drug-likeness (QED) is 0.897. The average Bonchev–Trinajstić information content (AvgIpc) is 2.90. The van der Waals surface area contributed by atoms with Crippen LogP contribution in [0.25, 0.3) is 0 Å². The number of nitrogens with zero attached hydrogens (tertiary/aromatic N) is 1. The summed E-state index contributed by atoms with van der Waals surface area (Å²) in [6, 6.07) is 6.30. The second kappa shape index (κ2) is 5.95. The highest BCUT2D eigenvalue weighted by atomic mass is 35.5. The second-order valence-corrected chi connectivity index (χ2v) is 6.93. The van der Waals surface area contributed by atoms with Gasteiger partial charge in [0.25, 0.3) is 0 Å². The van der Waals surface area contributed by atoms with E-state index in [1.54, 1.807) is 0 Å². The van der Waals surface area contributed by atoms with Crippen molar-refractivity contribution in [1.82, 2.24) is 5.32 Å². The van der Waals surface area contributed by atoms with Crippen LogP contribution in [-0.2, 0) is 6.54 Å². The molecule has 3 rings (SSSR count). The Kier molecular flexibility index (Phi) is 4.23. The van der Waals surface area contributed by atoms with Gasteiger partial charge in [-0.3, -0.25) is 0 Å². The molecule has 20 heavy (non-hydrogen) atoms. The van der Waals surface area contributed by atoms with Gasteiger partial charge in [-0.2, -0.15) is 0 Å². The Hall–Kier alpha value is -0.730. The van der Waals surface area contributed by atoms with Crippen molar-refractivity contribution in [2.24, 2.45) is 5.41 Å². The van der Waals surface area contributed by atoms with Crippen molar-refractivity contribution in [3.8, 4) is 0 Å². The molecule has 1 saturated carbocycles. The highest BCUT2D eigenvalue weighted by Crippen LogP contribution is 2.47. The Labute approximate surface area is 127 Å². The van der Waals surface area contributed by atoms with Gasteiger partial charge < -0.3 is 10.2 Å². The number of benzene rings is 1. The van der Waals surface area contributed by atoms with Crippen LogP contribution in [-0.4, -0.2) is 20.1 Å². The van der Waals surface area contributed by atoms with E-state index in [4.69, 9.17) is 11.6 Å². The minimum atomic E-state index is 0.679. The smallest absolute Gasteiger partial charge is 0.0426 e. The van der Waals surface area contributed by atoms with Gasteiger partial charge >= 0.3 is 0 Å². The summed E-state index contributed by atoms with van der Waals surface area (Å²) in [5.74, 6) is 0. The monoisotopic (exact) mass is 292 g/mol. The third kappa shape index (κ3) is 2.82. The lowest BCUT2D eigenvalue weighted by atomic mass is 9.77. The SMILES string of the molecule is CNCc1ccc(Cl)cc1N1CCC2(CCCC2)CC1. The number of rotatable bonds is 3. The van der Waals surface area contributed by atoms with Gasteiger partial charge in [-0.1, -0.05) is 30.5 Å². The van der Waals surface area contributed by atoms with Crippen molar-refractivity contribution in [1.29, 1.82) is 0 Å². The maximum absolute atomic E-state index is 6.21. The van der Waals surface area contributed by atoms with E-state index >= 15 is 0 Å². The molecule has 0 radical (unpaired) electrons. The van der Waals surface area contributed by atoms with E-state index in [1.165, 1.54) is 62.9 Å². The fourth-order valence-corrected chi connectivity index (χ4v) is 4.18. The van der Waals surface area contributed by atoms with Gasteiger partial charge in [0.05, 0.1) is 0 Å². The summed E-state index contributed by atoms with van der Waals surface area (Å²) in [7, 11) is 2.00. The summed E-state index contributed by atoms with van der Waals surface area (Å²) in [6.07, 6.45) is 8.53. The molecule has 1 aliphatic carbocycles. The standard InChI is InChI=1S/C17H25ClN2/c1-19-13-14-4-5-15(18)12-16(14)20-10-8-17(9-11-20)6-2-3-7-17/h4-5,12,19H,2-3,6-11,13H2,1H3. The van der Waals surface area contributed by atoms with E-state index in [0.717, 1.165) is 11.6 Å². The summed E-state index contributed by atoms with van der Waals surface area (Å²) in [5, 5.41) is 4.11. The van der Waals surface area contributed by atoms with Gasteiger partial charge in [-0.05, 0) is 55.8 Å². The summed E-state index contributed by atoms with van der Waals surface area (Å²) in [5.41, 5.74) is 3.37. The van der Waals surface area contributed by atoms with Crippen LogP contribution < -0.4 is 10.2 Å². The first-order valence-electron chi connectivity index (χ1n) is 7.90. The van der Waals surface area contributed by atoms with Crippen LogP contribution in [0, 0.1) is 5.41 Å². The Morgan fingerprint density at radius 1 is 1.15 bits per heavy atom. The first-order valence-corrected chi connectivity index (χ1v) is 8.28. The second-order valence-electron chi connectivity index (χ2n) is 6.50. The first kappa shape index (κ1) is 14.2. The molecule has 1 saturated heterocycles. The molecule has 0 bridgehead atoms. The minimum absolute atomic E-state index is 0.679. The first-order chi connectivity index (χ1) is 9.72. The lowest BCUT2D eigenvalue weighted by Crippen LogP contribution is -2.39. The average molecular weight is 293 g/mol. The fourth-order valence-electron chi connectivity index (χ4n) is 4.02. The van der Waals surface area contributed by atoms with Gasteiger partial charge in [0.2, 0.25) is 0 Å². The number of nitrogens with one attached hydrogen (secondary N) is 1. The number of piperidine rings is 1. The normalized spacial score (nSPS) is 21.6. The van der Waals surface area contributed by atoms with E-state index < -0.39 is 0 Å². The highest BCUT2D eigenvalue weighted by molar-refractivity contribution is 6.30. The zero-order chi connectivity index (χ0) is 14.0. The molecule has 0 atom stereocenters. The molecule has 1 N–H and O–H groups in total. The van der Waals surface area contributed by atoms with Crippen LogP contribution in [0.1, 0.15) is 44.1 Å². The zero-order valence-corrected chi connectivity index (χ0v) is 13.2. The van der Waals surface area contributed by atoms with Crippen molar-refractivity contribution in [2.75, 3.05) is 25.0 Å². The third-order valence-electron chi connectivity index (χ3n) is 5.24. The van der Waals surface area contributed by atoms with Gasteiger partial charge in [0.15, 0.2) is 0 Å². The van der Waals surface area contributed by atoms with Crippen molar-refractivity contribution >= 4 is 17.3 Å². The third-order valence-corrected chi connectivity index (χ3v) is 5.48. The number of halogens is 1. The van der Waals surface area contributed by atoms with E-state index in [1.807, 2.05) is 13.1 Å². The summed E-state index contributed by atoms with van der Waals surface area (Å²) in [4.78, 5) is 2.54. The molecule has 1 heterocycles. The molecule has 2 fully saturated rings. The maximum atomic E-state index is 6.21. The van der Waals surface area contributed by atoms with Crippen LogP contribution in [0.3, 0.4) is 0 Å². The highest BCUT2D eigenvalue weighted by Gasteiger charge is 2.37. The lowest BCUT2D eigenvalue weighted by Gasteiger charge is -2.41. The lowest BCUT2D eigenvalue weighted by molar-refractivity contribution is 0.226. The van der Waals surface area contributed by atoms with Crippen LogP contribution in [0.5, 0.6) is 0 Å². The molecule has 0 unspecified atom stereocenters. The molecule has 0 aromatic heterocycles. The summed E-state index contributed by atoms with van der Waals surface area (Å²) in [6.45, 7) is 3.29. The molecule has 1 spiro atoms. The van der Waals surface area contributed by atoms with E-state index in [-0.39, 0.29) is 0 Å². The Bertz CT molecular complexity index is 456. The van der Waals surface area contributed by atoms with E-state index in [0.29, 0.717) is 5.41 Å². The summed E-state index contributed by atoms with van der Waals surface area (Å²) < 4.78 is 0. The molecular weight excluding hydrogens is 268 g/mol. The van der Waals surface area contributed by atoms with Crippen LogP contribution in [0.2, 0.25) is 5.02 Å². The van der Waals surface area contributed by atoms with Crippen molar-refractivity contribution in [3.63, 3.8) is 0 Å². The molecule has 3 heteroatoms. The van der Waals surface area contributed by atoms with Crippen LogP contribution in [0.4, 0.5) is 5.69 Å². The molecule has 2 aliphatic rings. The van der Waals surface area contributed by atoms with Crippen LogP contribution in [0.15, 0.2) is 18.2 Å². The van der Waals surface area contributed by atoms with Crippen molar-refractivity contribution in [3.05, 3.63) is 28.8 Å². The largest absolute Gasteiger partial charge is 0.371 e. The number of hydrogen-bond donors (Lipinski definition) is 1. The van der Waals surface area contributed by atoms with Gasteiger partial charge in [-0.15, -0.1) is 0 Å². The minimum Gasteiger partial charge on any atom is -0.371 e. The van der Waals surface area contributed by atoms with E-state index in [2.05, 4.69) is 22.3 Å². The Balaban J connectivity index is 1.75. The Morgan fingerprint density at radius 3 is 2.50 bits per heavy atom. The molecule has 110 valence electrons. The molecular formula is C17H25ClN2. The molecule has 2 nitrogen and oxygen atoms in total.